The zero-order valence-corrected chi connectivity index (χ0v) is 11.4. The lowest BCUT2D eigenvalue weighted by Gasteiger charge is -2.09. The minimum Gasteiger partial charge on any atom is -0.493 e. The Hall–Kier alpha value is -2.74. The second-order valence-electron chi connectivity index (χ2n) is 4.38. The third kappa shape index (κ3) is 4.39. The molecule has 0 saturated heterocycles. The normalized spacial score (nSPS) is 9.90. The average Bonchev–Trinajstić information content (AvgIpc) is 2.50. The number of anilines is 1. The van der Waals surface area contributed by atoms with Crippen molar-refractivity contribution in [2.24, 2.45) is 0 Å². The summed E-state index contributed by atoms with van der Waals surface area (Å²) in [6, 6.07) is 13.1. The first-order chi connectivity index (χ1) is 10.2. The van der Waals surface area contributed by atoms with Crippen LogP contribution in [0.15, 0.2) is 42.5 Å². The predicted molar refractivity (Wildman–Crippen MR) is 77.6 cm³/mol. The van der Waals surface area contributed by atoms with Crippen LogP contribution in [-0.2, 0) is 0 Å². The molecule has 108 valence electrons. The topological polar surface area (TPSA) is 68.3 Å². The molecule has 0 fully saturated rings. The maximum Gasteiger partial charge on any atom is 0.166 e. The van der Waals surface area contributed by atoms with E-state index in [1.807, 2.05) is 6.07 Å². The third-order valence-electron chi connectivity index (χ3n) is 2.76. The maximum absolute atomic E-state index is 13.5. The van der Waals surface area contributed by atoms with Gasteiger partial charge in [-0.3, -0.25) is 0 Å². The summed E-state index contributed by atoms with van der Waals surface area (Å²) in [5.41, 5.74) is 6.52. The Bertz CT molecular complexity index is 636. The van der Waals surface area contributed by atoms with Gasteiger partial charge in [0, 0.05) is 12.1 Å². The van der Waals surface area contributed by atoms with Crippen molar-refractivity contribution in [2.45, 2.75) is 6.42 Å². The fourth-order valence-corrected chi connectivity index (χ4v) is 1.68. The first-order valence-electron chi connectivity index (χ1n) is 6.50. The van der Waals surface area contributed by atoms with E-state index in [4.69, 9.17) is 20.5 Å². The van der Waals surface area contributed by atoms with Gasteiger partial charge in [0.05, 0.1) is 24.8 Å². The summed E-state index contributed by atoms with van der Waals surface area (Å²) in [5.74, 6) is 0.337. The van der Waals surface area contributed by atoms with Gasteiger partial charge in [-0.25, -0.2) is 4.39 Å². The Morgan fingerprint density at radius 1 is 1.05 bits per heavy atom. The lowest BCUT2D eigenvalue weighted by molar-refractivity contribution is 0.241. The molecule has 0 aliphatic heterocycles. The third-order valence-corrected chi connectivity index (χ3v) is 2.76. The molecule has 0 spiro atoms. The number of nitriles is 1. The van der Waals surface area contributed by atoms with Gasteiger partial charge < -0.3 is 15.2 Å². The molecular weight excluding hydrogens is 271 g/mol. The molecule has 0 atom stereocenters. The van der Waals surface area contributed by atoms with Crippen LogP contribution in [0.5, 0.6) is 11.5 Å². The van der Waals surface area contributed by atoms with Gasteiger partial charge in [-0.2, -0.15) is 5.26 Å². The molecule has 2 aromatic carbocycles. The molecule has 0 amide bonds. The lowest BCUT2D eigenvalue weighted by Crippen LogP contribution is -2.06. The Morgan fingerprint density at radius 2 is 1.76 bits per heavy atom. The van der Waals surface area contributed by atoms with Crippen molar-refractivity contribution >= 4 is 5.69 Å². The van der Waals surface area contributed by atoms with Crippen molar-refractivity contribution in [3.8, 4) is 17.6 Å². The van der Waals surface area contributed by atoms with Crippen LogP contribution in [0.25, 0.3) is 0 Å². The molecule has 5 heteroatoms. The van der Waals surface area contributed by atoms with Crippen molar-refractivity contribution in [3.63, 3.8) is 0 Å². The van der Waals surface area contributed by atoms with Crippen LogP contribution in [0.3, 0.4) is 0 Å². The first-order valence-corrected chi connectivity index (χ1v) is 6.50. The summed E-state index contributed by atoms with van der Waals surface area (Å²) in [7, 11) is 0. The number of nitrogens with zero attached hydrogens (tertiary/aromatic N) is 1. The molecule has 21 heavy (non-hydrogen) atoms. The molecule has 2 rings (SSSR count). The fourth-order valence-electron chi connectivity index (χ4n) is 1.68. The van der Waals surface area contributed by atoms with Crippen LogP contribution in [0.4, 0.5) is 10.1 Å². The summed E-state index contributed by atoms with van der Waals surface area (Å²) in [6.07, 6.45) is 0.615. The highest BCUT2D eigenvalue weighted by atomic mass is 19.1. The quantitative estimate of drug-likeness (QED) is 0.654. The van der Waals surface area contributed by atoms with E-state index in [1.54, 1.807) is 24.3 Å². The molecular formula is C16H15FN2O2. The van der Waals surface area contributed by atoms with E-state index in [1.165, 1.54) is 12.1 Å². The second kappa shape index (κ2) is 7.15. The Balaban J connectivity index is 1.72. The second-order valence-corrected chi connectivity index (χ2v) is 4.38. The van der Waals surface area contributed by atoms with Crippen LogP contribution < -0.4 is 15.2 Å². The molecule has 0 aromatic heterocycles. The molecule has 0 aliphatic rings. The van der Waals surface area contributed by atoms with Crippen molar-refractivity contribution in [2.75, 3.05) is 18.9 Å². The monoisotopic (exact) mass is 286 g/mol. The van der Waals surface area contributed by atoms with Crippen LogP contribution in [-0.4, -0.2) is 13.2 Å². The SMILES string of the molecule is N#Cc1ccc(OCCCOc2ccc(N)cc2)c(F)c1. The number of halogens is 1. The highest BCUT2D eigenvalue weighted by Gasteiger charge is 2.04. The van der Waals surface area contributed by atoms with Gasteiger partial charge in [0.15, 0.2) is 11.6 Å². The molecule has 2 aromatic rings. The minimum atomic E-state index is -0.534. The first kappa shape index (κ1) is 14.7. The van der Waals surface area contributed by atoms with Crippen molar-refractivity contribution in [3.05, 3.63) is 53.8 Å². The van der Waals surface area contributed by atoms with Gasteiger partial charge in [-0.05, 0) is 42.5 Å². The van der Waals surface area contributed by atoms with E-state index >= 15 is 0 Å². The van der Waals surface area contributed by atoms with Gasteiger partial charge in [-0.1, -0.05) is 0 Å². The van der Waals surface area contributed by atoms with Gasteiger partial charge in [0.1, 0.15) is 5.75 Å². The van der Waals surface area contributed by atoms with Crippen LogP contribution in [0, 0.1) is 17.1 Å². The predicted octanol–water partition coefficient (Wildman–Crippen LogP) is 3.13. The van der Waals surface area contributed by atoms with E-state index in [0.29, 0.717) is 25.3 Å². The average molecular weight is 286 g/mol. The van der Waals surface area contributed by atoms with Gasteiger partial charge >= 0.3 is 0 Å². The summed E-state index contributed by atoms with van der Waals surface area (Å²) in [6.45, 7) is 0.791. The van der Waals surface area contributed by atoms with Gasteiger partial charge in [0.2, 0.25) is 0 Å². The zero-order chi connectivity index (χ0) is 15.1. The Kier molecular flexibility index (Phi) is 4.99. The van der Waals surface area contributed by atoms with Crippen LogP contribution in [0.2, 0.25) is 0 Å². The smallest absolute Gasteiger partial charge is 0.166 e. The summed E-state index contributed by atoms with van der Waals surface area (Å²) in [5, 5.41) is 8.64. The number of ether oxygens (including phenoxy) is 2. The molecule has 0 radical (unpaired) electrons. The number of benzene rings is 2. The van der Waals surface area contributed by atoms with Crippen molar-refractivity contribution < 1.29 is 13.9 Å². The largest absolute Gasteiger partial charge is 0.493 e. The van der Waals surface area contributed by atoms with Crippen LogP contribution in [0.1, 0.15) is 12.0 Å². The van der Waals surface area contributed by atoms with E-state index < -0.39 is 5.82 Å². The maximum atomic E-state index is 13.5. The molecule has 0 saturated carbocycles. The van der Waals surface area contributed by atoms with Crippen LogP contribution >= 0.6 is 0 Å². The molecule has 0 heterocycles. The lowest BCUT2D eigenvalue weighted by atomic mass is 10.2. The van der Waals surface area contributed by atoms with Crippen molar-refractivity contribution in [1.29, 1.82) is 5.26 Å². The number of nitrogens with two attached hydrogens (primary N) is 1. The highest BCUT2D eigenvalue weighted by Crippen LogP contribution is 2.18. The number of nitrogen functional groups attached to an aromatic ring is 1. The molecule has 2 N–H and O–H groups in total. The molecule has 0 aliphatic carbocycles. The Morgan fingerprint density at radius 3 is 2.43 bits per heavy atom. The fraction of sp³-hybridized carbons (Fsp3) is 0.188. The molecule has 4 nitrogen and oxygen atoms in total. The van der Waals surface area contributed by atoms with E-state index in [0.717, 1.165) is 11.8 Å². The summed E-state index contributed by atoms with van der Waals surface area (Å²) < 4.78 is 24.3. The molecule has 0 bridgehead atoms. The Labute approximate surface area is 122 Å². The minimum absolute atomic E-state index is 0.140. The summed E-state index contributed by atoms with van der Waals surface area (Å²) >= 11 is 0. The number of rotatable bonds is 6. The standard InChI is InChI=1S/C16H15FN2O2/c17-15-10-12(11-18)2-7-16(15)21-9-1-8-20-14-5-3-13(19)4-6-14/h2-7,10H,1,8-9,19H2. The van der Waals surface area contributed by atoms with Gasteiger partial charge in [-0.15, -0.1) is 0 Å². The zero-order valence-electron chi connectivity index (χ0n) is 11.4. The van der Waals surface area contributed by atoms with Crippen molar-refractivity contribution in [1.82, 2.24) is 0 Å². The number of hydrogen-bond acceptors (Lipinski definition) is 4. The molecule has 0 unspecified atom stereocenters. The van der Waals surface area contributed by atoms with E-state index in [9.17, 15) is 4.39 Å². The number of hydrogen-bond donors (Lipinski definition) is 1. The van der Waals surface area contributed by atoms with E-state index in [2.05, 4.69) is 0 Å². The summed E-state index contributed by atoms with van der Waals surface area (Å²) in [4.78, 5) is 0. The van der Waals surface area contributed by atoms with Gasteiger partial charge in [0.25, 0.3) is 0 Å². The highest BCUT2D eigenvalue weighted by molar-refractivity contribution is 5.41. The van der Waals surface area contributed by atoms with E-state index in [-0.39, 0.29) is 11.3 Å².